The quantitative estimate of drug-likeness (QED) is 0.228. The molecule has 2 aromatic rings. The lowest BCUT2D eigenvalue weighted by atomic mass is 9.78. The predicted molar refractivity (Wildman–Crippen MR) is 158 cm³/mol. The van der Waals surface area contributed by atoms with Crippen LogP contribution in [0.1, 0.15) is 61.6 Å². The van der Waals surface area contributed by atoms with Crippen molar-refractivity contribution in [3.63, 3.8) is 0 Å². The zero-order chi connectivity index (χ0) is 29.4. The first-order valence-electron chi connectivity index (χ1n) is 14.9. The van der Waals surface area contributed by atoms with E-state index in [2.05, 4.69) is 19.2 Å². The SMILES string of the molecule is COCCCOc1cc(C(=O)C(C[C@@H]2CNC[C@H]2CN(C(=O)[C@H](O)c2ccccc2)C2CC2)C(C)C)ccc1OC. The molecule has 8 heteroatoms. The standard InChI is InChI=1S/C33H46N2O6/c1-22(2)28(31(36)24-11-14-29(40-4)30(18-24)41-16-8-15-39-3)17-25-19-34-20-26(25)21-35(27-12-13-27)33(38)32(37)23-9-6-5-7-10-23/h5-7,9-11,14,18,22,25-28,32,34,37H,8,12-13,15-17,19-21H2,1-4H3/t25-,26+,28?,32-/m1/s1. The maximum atomic E-state index is 13.9. The number of nitrogens with zero attached hydrogens (tertiary/aromatic N) is 1. The number of hydrogen-bond acceptors (Lipinski definition) is 7. The number of carbonyl (C=O) groups is 2. The van der Waals surface area contributed by atoms with Crippen LogP contribution in [-0.4, -0.2) is 74.8 Å². The van der Waals surface area contributed by atoms with Gasteiger partial charge in [0, 0.05) is 44.2 Å². The summed E-state index contributed by atoms with van der Waals surface area (Å²) in [6, 6.07) is 14.7. The zero-order valence-electron chi connectivity index (χ0n) is 24.9. The highest BCUT2D eigenvalue weighted by molar-refractivity contribution is 5.98. The molecule has 0 bridgehead atoms. The second kappa shape index (κ2) is 14.8. The Hall–Kier alpha value is -2.94. The average molecular weight is 567 g/mol. The van der Waals surface area contributed by atoms with Crippen LogP contribution in [0.25, 0.3) is 0 Å². The Labute approximate surface area is 244 Å². The number of aliphatic hydroxyl groups is 1. The van der Waals surface area contributed by atoms with Crippen LogP contribution in [-0.2, 0) is 9.53 Å². The van der Waals surface area contributed by atoms with Crippen LogP contribution in [0.15, 0.2) is 48.5 Å². The Bertz CT molecular complexity index is 1140. The van der Waals surface area contributed by atoms with Crippen LogP contribution >= 0.6 is 0 Å². The monoisotopic (exact) mass is 566 g/mol. The fourth-order valence-electron chi connectivity index (χ4n) is 5.82. The Morgan fingerprint density at radius 3 is 2.39 bits per heavy atom. The number of ketones is 1. The van der Waals surface area contributed by atoms with Crippen molar-refractivity contribution in [1.29, 1.82) is 0 Å². The molecule has 2 N–H and O–H groups in total. The van der Waals surface area contributed by atoms with Crippen molar-refractivity contribution in [3.8, 4) is 11.5 Å². The molecule has 0 radical (unpaired) electrons. The third-order valence-corrected chi connectivity index (χ3v) is 8.43. The van der Waals surface area contributed by atoms with E-state index in [1.54, 1.807) is 38.5 Å². The molecule has 224 valence electrons. The summed E-state index contributed by atoms with van der Waals surface area (Å²) in [5.41, 5.74) is 1.24. The van der Waals surface area contributed by atoms with Gasteiger partial charge in [-0.1, -0.05) is 44.2 Å². The van der Waals surface area contributed by atoms with Gasteiger partial charge in [0.15, 0.2) is 23.4 Å². The van der Waals surface area contributed by atoms with Gasteiger partial charge in [-0.25, -0.2) is 0 Å². The van der Waals surface area contributed by atoms with E-state index in [4.69, 9.17) is 14.2 Å². The number of nitrogens with one attached hydrogen (secondary N) is 1. The Morgan fingerprint density at radius 2 is 1.73 bits per heavy atom. The molecule has 2 aliphatic rings. The lowest BCUT2D eigenvalue weighted by Crippen LogP contribution is -2.42. The van der Waals surface area contributed by atoms with Crippen molar-refractivity contribution in [2.75, 3.05) is 47.1 Å². The minimum atomic E-state index is -1.16. The highest BCUT2D eigenvalue weighted by Crippen LogP contribution is 2.36. The summed E-state index contributed by atoms with van der Waals surface area (Å²) in [6.07, 6.45) is 2.26. The summed E-state index contributed by atoms with van der Waals surface area (Å²) in [4.78, 5) is 29.2. The van der Waals surface area contributed by atoms with Crippen molar-refractivity contribution in [2.24, 2.45) is 23.7 Å². The summed E-state index contributed by atoms with van der Waals surface area (Å²) in [5.74, 6) is 1.48. The van der Waals surface area contributed by atoms with Crippen molar-refractivity contribution in [1.82, 2.24) is 10.2 Å². The minimum absolute atomic E-state index is 0.102. The normalized spacial score (nSPS) is 20.0. The van der Waals surface area contributed by atoms with Crippen molar-refractivity contribution < 1.29 is 28.9 Å². The third kappa shape index (κ3) is 8.09. The second-order valence-corrected chi connectivity index (χ2v) is 11.7. The summed E-state index contributed by atoms with van der Waals surface area (Å²) in [6.45, 7) is 7.47. The van der Waals surface area contributed by atoms with E-state index in [-0.39, 0.29) is 41.4 Å². The molecule has 1 amide bonds. The molecule has 0 spiro atoms. The van der Waals surface area contributed by atoms with Crippen LogP contribution in [0.3, 0.4) is 0 Å². The topological polar surface area (TPSA) is 97.3 Å². The van der Waals surface area contributed by atoms with Gasteiger partial charge in [0.2, 0.25) is 0 Å². The zero-order valence-corrected chi connectivity index (χ0v) is 24.9. The number of benzene rings is 2. The summed E-state index contributed by atoms with van der Waals surface area (Å²) < 4.78 is 16.5. The molecular weight excluding hydrogens is 520 g/mol. The highest BCUT2D eigenvalue weighted by atomic mass is 16.5. The van der Waals surface area contributed by atoms with E-state index in [9.17, 15) is 14.7 Å². The molecule has 41 heavy (non-hydrogen) atoms. The summed E-state index contributed by atoms with van der Waals surface area (Å²) in [5, 5.41) is 14.4. The molecular formula is C33H46N2O6. The fraction of sp³-hybridized carbons (Fsp3) is 0.576. The first-order valence-corrected chi connectivity index (χ1v) is 14.9. The minimum Gasteiger partial charge on any atom is -0.493 e. The lowest BCUT2D eigenvalue weighted by molar-refractivity contribution is -0.142. The second-order valence-electron chi connectivity index (χ2n) is 11.7. The molecule has 0 aromatic heterocycles. The maximum Gasteiger partial charge on any atom is 0.256 e. The van der Waals surface area contributed by atoms with E-state index < -0.39 is 6.10 Å². The predicted octanol–water partition coefficient (Wildman–Crippen LogP) is 4.52. The number of ether oxygens (including phenoxy) is 3. The fourth-order valence-corrected chi connectivity index (χ4v) is 5.82. The summed E-state index contributed by atoms with van der Waals surface area (Å²) in [7, 11) is 3.25. The molecule has 1 saturated heterocycles. The molecule has 1 unspecified atom stereocenters. The molecule has 4 atom stereocenters. The van der Waals surface area contributed by atoms with E-state index in [0.717, 1.165) is 38.8 Å². The highest BCUT2D eigenvalue weighted by Gasteiger charge is 2.40. The maximum absolute atomic E-state index is 13.9. The van der Waals surface area contributed by atoms with Gasteiger partial charge in [-0.2, -0.15) is 0 Å². The van der Waals surface area contributed by atoms with Crippen LogP contribution in [0, 0.1) is 23.7 Å². The Balaban J connectivity index is 1.45. The van der Waals surface area contributed by atoms with Crippen LogP contribution < -0.4 is 14.8 Å². The van der Waals surface area contributed by atoms with Crippen LogP contribution in [0.5, 0.6) is 11.5 Å². The number of aliphatic hydroxyl groups excluding tert-OH is 1. The van der Waals surface area contributed by atoms with Gasteiger partial charge in [0.1, 0.15) is 0 Å². The number of rotatable bonds is 16. The van der Waals surface area contributed by atoms with Gasteiger partial charge in [-0.3, -0.25) is 9.59 Å². The molecule has 2 aromatic carbocycles. The number of methoxy groups -OCH3 is 2. The van der Waals surface area contributed by atoms with Crippen LogP contribution in [0.4, 0.5) is 0 Å². The lowest BCUT2D eigenvalue weighted by Gasteiger charge is -2.32. The number of Topliss-reactive ketones (excluding diaryl/α,β-unsaturated/α-hetero) is 1. The van der Waals surface area contributed by atoms with Gasteiger partial charge >= 0.3 is 0 Å². The first kappa shape index (κ1) is 31.0. The first-order chi connectivity index (χ1) is 19.8. The van der Waals surface area contributed by atoms with E-state index >= 15 is 0 Å². The van der Waals surface area contributed by atoms with Crippen molar-refractivity contribution >= 4 is 11.7 Å². The largest absolute Gasteiger partial charge is 0.493 e. The van der Waals surface area contributed by atoms with Gasteiger partial charge in [0.25, 0.3) is 5.91 Å². The molecule has 1 aliphatic heterocycles. The molecule has 1 heterocycles. The number of amides is 1. The smallest absolute Gasteiger partial charge is 0.256 e. The number of hydrogen-bond donors (Lipinski definition) is 2. The molecule has 1 saturated carbocycles. The average Bonchev–Trinajstić information content (AvgIpc) is 3.74. The van der Waals surface area contributed by atoms with Gasteiger partial charge in [-0.05, 0) is 73.9 Å². The van der Waals surface area contributed by atoms with Crippen LogP contribution in [0.2, 0.25) is 0 Å². The molecule has 8 nitrogen and oxygen atoms in total. The Kier molecular flexibility index (Phi) is 11.2. The molecule has 4 rings (SSSR count). The van der Waals surface area contributed by atoms with E-state index in [1.807, 2.05) is 29.2 Å². The van der Waals surface area contributed by atoms with Gasteiger partial charge < -0.3 is 29.5 Å². The van der Waals surface area contributed by atoms with Crippen molar-refractivity contribution in [2.45, 2.75) is 51.7 Å². The van der Waals surface area contributed by atoms with Crippen molar-refractivity contribution in [3.05, 3.63) is 59.7 Å². The number of carbonyl (C=O) groups excluding carboxylic acids is 2. The van der Waals surface area contributed by atoms with E-state index in [1.165, 1.54) is 0 Å². The van der Waals surface area contributed by atoms with Gasteiger partial charge in [-0.15, -0.1) is 0 Å². The summed E-state index contributed by atoms with van der Waals surface area (Å²) >= 11 is 0. The van der Waals surface area contributed by atoms with E-state index in [0.29, 0.717) is 42.4 Å². The third-order valence-electron chi connectivity index (χ3n) is 8.43. The molecule has 2 fully saturated rings. The Morgan fingerprint density at radius 1 is 1.00 bits per heavy atom. The van der Waals surface area contributed by atoms with Gasteiger partial charge in [0.05, 0.1) is 13.7 Å². The molecule has 1 aliphatic carbocycles.